The van der Waals surface area contributed by atoms with Gasteiger partial charge in [0.25, 0.3) is 0 Å². The maximum absolute atomic E-state index is 12.2. The van der Waals surface area contributed by atoms with E-state index in [9.17, 15) is 4.79 Å². The van der Waals surface area contributed by atoms with Crippen LogP contribution in [0.2, 0.25) is 0 Å². The summed E-state index contributed by atoms with van der Waals surface area (Å²) in [6.07, 6.45) is 2.91. The number of amides is 1. The van der Waals surface area contributed by atoms with Crippen LogP contribution in [-0.4, -0.2) is 22.7 Å². The van der Waals surface area contributed by atoms with E-state index >= 15 is 0 Å². The molecule has 0 aromatic heterocycles. The maximum Gasteiger partial charge on any atom is 0.223 e. The van der Waals surface area contributed by atoms with Crippen LogP contribution in [0.1, 0.15) is 24.8 Å². The van der Waals surface area contributed by atoms with E-state index in [0.29, 0.717) is 18.2 Å². The first kappa shape index (κ1) is 12.7. The third-order valence-corrected chi connectivity index (χ3v) is 5.49. The normalized spacial score (nSPS) is 25.6. The monoisotopic (exact) mass is 371 g/mol. The van der Waals surface area contributed by atoms with Crippen molar-refractivity contribution in [1.29, 1.82) is 0 Å². The second kappa shape index (κ2) is 4.64. The maximum atomic E-state index is 12.2. The molecular weight excluding hydrogens is 358 g/mol. The molecule has 0 N–H and O–H groups in total. The van der Waals surface area contributed by atoms with Crippen LogP contribution in [0.5, 0.6) is 0 Å². The van der Waals surface area contributed by atoms with E-state index in [1.807, 2.05) is 0 Å². The van der Waals surface area contributed by atoms with Gasteiger partial charge in [-0.2, -0.15) is 0 Å². The molecule has 0 spiro atoms. The van der Waals surface area contributed by atoms with Crippen molar-refractivity contribution in [1.82, 2.24) is 4.90 Å². The fourth-order valence-electron chi connectivity index (χ4n) is 2.89. The summed E-state index contributed by atoms with van der Waals surface area (Å²) in [7, 11) is 0. The summed E-state index contributed by atoms with van der Waals surface area (Å²) in [6, 6.07) is 8.42. The van der Waals surface area contributed by atoms with E-state index in [1.165, 1.54) is 5.56 Å². The molecule has 2 fully saturated rings. The molecule has 0 radical (unpaired) electrons. The number of carbonyl (C=O) groups excluding carboxylic acids is 1. The van der Waals surface area contributed by atoms with E-state index in [1.54, 1.807) is 0 Å². The molecule has 4 heteroatoms. The van der Waals surface area contributed by atoms with E-state index in [2.05, 4.69) is 61.0 Å². The van der Waals surface area contributed by atoms with Gasteiger partial charge < -0.3 is 4.90 Å². The van der Waals surface area contributed by atoms with Gasteiger partial charge in [0.15, 0.2) is 0 Å². The number of carbonyl (C=O) groups is 1. The Balaban J connectivity index is 1.87. The zero-order chi connectivity index (χ0) is 12.8. The van der Waals surface area contributed by atoms with Gasteiger partial charge in [-0.05, 0) is 36.5 Å². The van der Waals surface area contributed by atoms with E-state index in [-0.39, 0.29) is 5.54 Å². The van der Waals surface area contributed by atoms with Crippen molar-refractivity contribution in [2.75, 3.05) is 11.9 Å². The molecule has 1 aliphatic carbocycles. The topological polar surface area (TPSA) is 20.3 Å². The number of alkyl halides is 1. The Bertz CT molecular complexity index is 467. The largest absolute Gasteiger partial charge is 0.333 e. The Morgan fingerprint density at radius 3 is 2.44 bits per heavy atom. The molecule has 1 atom stereocenters. The number of benzene rings is 1. The molecular formula is C14H15Br2NO. The lowest BCUT2D eigenvalue weighted by molar-refractivity contribution is -0.130. The molecule has 1 aliphatic heterocycles. The summed E-state index contributed by atoms with van der Waals surface area (Å²) in [5, 5.41) is 0.922. The van der Waals surface area contributed by atoms with Crippen molar-refractivity contribution in [2.45, 2.75) is 24.8 Å². The van der Waals surface area contributed by atoms with Gasteiger partial charge in [-0.3, -0.25) is 4.79 Å². The van der Waals surface area contributed by atoms with Crippen LogP contribution < -0.4 is 0 Å². The minimum Gasteiger partial charge on any atom is -0.333 e. The summed E-state index contributed by atoms with van der Waals surface area (Å²) >= 11 is 6.96. The quantitative estimate of drug-likeness (QED) is 0.741. The van der Waals surface area contributed by atoms with Gasteiger partial charge in [0.05, 0.1) is 5.54 Å². The molecule has 96 valence electrons. The minimum atomic E-state index is 0.00863. The smallest absolute Gasteiger partial charge is 0.223 e. The van der Waals surface area contributed by atoms with Gasteiger partial charge >= 0.3 is 0 Å². The van der Waals surface area contributed by atoms with Crippen LogP contribution in [0.4, 0.5) is 0 Å². The predicted molar refractivity (Wildman–Crippen MR) is 78.7 cm³/mol. The minimum absolute atomic E-state index is 0.00863. The van der Waals surface area contributed by atoms with Gasteiger partial charge in [-0.1, -0.05) is 44.0 Å². The van der Waals surface area contributed by atoms with Crippen LogP contribution in [0, 0.1) is 5.92 Å². The summed E-state index contributed by atoms with van der Waals surface area (Å²) < 4.78 is 1.09. The molecule has 1 amide bonds. The lowest BCUT2D eigenvalue weighted by Gasteiger charge is -2.28. The van der Waals surface area contributed by atoms with Crippen LogP contribution in [0.25, 0.3) is 0 Å². The fourth-order valence-corrected chi connectivity index (χ4v) is 3.59. The third kappa shape index (κ3) is 2.03. The number of hydrogen-bond donors (Lipinski definition) is 0. The molecule has 1 aromatic carbocycles. The van der Waals surface area contributed by atoms with Crippen LogP contribution in [0.15, 0.2) is 28.7 Å². The highest BCUT2D eigenvalue weighted by Gasteiger charge is 2.53. The first-order valence-corrected chi connectivity index (χ1v) is 8.20. The first-order valence-electron chi connectivity index (χ1n) is 6.28. The van der Waals surface area contributed by atoms with Crippen LogP contribution in [-0.2, 0) is 10.3 Å². The number of rotatable bonds is 3. The summed E-state index contributed by atoms with van der Waals surface area (Å²) in [6.45, 7) is 0.903. The molecule has 1 saturated heterocycles. The molecule has 0 bridgehead atoms. The summed E-state index contributed by atoms with van der Waals surface area (Å²) in [4.78, 5) is 14.3. The van der Waals surface area contributed by atoms with E-state index in [4.69, 9.17) is 0 Å². The van der Waals surface area contributed by atoms with Crippen molar-refractivity contribution in [2.24, 2.45) is 5.92 Å². The molecule has 1 heterocycles. The predicted octanol–water partition coefficient (Wildman–Crippen LogP) is 3.68. The second-order valence-corrected chi connectivity index (χ2v) is 6.83. The number of nitrogens with zero attached hydrogens (tertiary/aromatic N) is 1. The molecule has 1 saturated carbocycles. The molecule has 3 rings (SSSR count). The lowest BCUT2D eigenvalue weighted by Crippen LogP contribution is -2.36. The third-order valence-electron chi connectivity index (χ3n) is 4.05. The van der Waals surface area contributed by atoms with Crippen LogP contribution in [0.3, 0.4) is 0 Å². The van der Waals surface area contributed by atoms with Crippen molar-refractivity contribution in [3.63, 3.8) is 0 Å². The Hall–Kier alpha value is -0.350. The fraction of sp³-hybridized carbons (Fsp3) is 0.500. The van der Waals surface area contributed by atoms with Gasteiger partial charge in [-0.25, -0.2) is 0 Å². The Morgan fingerprint density at radius 1 is 1.28 bits per heavy atom. The van der Waals surface area contributed by atoms with Crippen LogP contribution >= 0.6 is 31.9 Å². The molecule has 1 aromatic rings. The Morgan fingerprint density at radius 2 is 1.94 bits per heavy atom. The van der Waals surface area contributed by atoms with Crippen molar-refractivity contribution in [3.05, 3.63) is 34.3 Å². The summed E-state index contributed by atoms with van der Waals surface area (Å²) in [5.74, 6) is 0.797. The van der Waals surface area contributed by atoms with Gasteiger partial charge in [0.1, 0.15) is 0 Å². The first-order chi connectivity index (χ1) is 8.65. The number of halogens is 2. The van der Waals surface area contributed by atoms with Gasteiger partial charge in [-0.15, -0.1) is 0 Å². The highest BCUT2D eigenvalue weighted by atomic mass is 79.9. The average molecular weight is 373 g/mol. The Labute approximate surface area is 124 Å². The molecule has 1 unspecified atom stereocenters. The second-order valence-electron chi connectivity index (χ2n) is 5.27. The summed E-state index contributed by atoms with van der Waals surface area (Å²) in [5.41, 5.74) is 1.29. The Kier molecular flexibility index (Phi) is 3.27. The number of hydrogen-bond acceptors (Lipinski definition) is 1. The van der Waals surface area contributed by atoms with Gasteiger partial charge in [0, 0.05) is 22.8 Å². The SMILES string of the molecule is O=C1CC(CBr)CN1C1(c2ccc(Br)cc2)CC1. The zero-order valence-corrected chi connectivity index (χ0v) is 13.2. The molecule has 2 nitrogen and oxygen atoms in total. The van der Waals surface area contributed by atoms with Crippen molar-refractivity contribution >= 4 is 37.8 Å². The van der Waals surface area contributed by atoms with Crippen molar-refractivity contribution < 1.29 is 4.79 Å². The zero-order valence-electron chi connectivity index (χ0n) is 10.0. The highest BCUT2D eigenvalue weighted by molar-refractivity contribution is 9.10. The van der Waals surface area contributed by atoms with E-state index in [0.717, 1.165) is 29.2 Å². The molecule has 18 heavy (non-hydrogen) atoms. The standard InChI is InChI=1S/C14H15Br2NO/c15-8-10-7-13(18)17(9-10)14(5-6-14)11-1-3-12(16)4-2-11/h1-4,10H,5-9H2. The van der Waals surface area contributed by atoms with E-state index < -0.39 is 0 Å². The highest BCUT2D eigenvalue weighted by Crippen LogP contribution is 2.53. The lowest BCUT2D eigenvalue weighted by atomic mass is 10.0. The average Bonchev–Trinajstić information content (AvgIpc) is 3.08. The number of likely N-dealkylation sites (tertiary alicyclic amines) is 1. The van der Waals surface area contributed by atoms with Crippen molar-refractivity contribution in [3.8, 4) is 0 Å². The van der Waals surface area contributed by atoms with Gasteiger partial charge in [0.2, 0.25) is 5.91 Å². The molecule has 2 aliphatic rings.